The highest BCUT2D eigenvalue weighted by atomic mass is 16.5. The summed E-state index contributed by atoms with van der Waals surface area (Å²) >= 11 is 0. The first kappa shape index (κ1) is 20.0. The SMILES string of the molecule is CC(C)COC1CCN(C(=O)c2cc(C(C)C)n(C(C)(C)C)n2)CC1. The van der Waals surface area contributed by atoms with E-state index in [4.69, 9.17) is 4.74 Å². The number of hydrogen-bond acceptors (Lipinski definition) is 3. The maximum absolute atomic E-state index is 12.9. The van der Waals surface area contributed by atoms with Crippen molar-refractivity contribution >= 4 is 5.91 Å². The Hall–Kier alpha value is -1.36. The minimum Gasteiger partial charge on any atom is -0.378 e. The molecule has 0 saturated carbocycles. The predicted octanol–water partition coefficient (Wildman–Crippen LogP) is 4.04. The van der Waals surface area contributed by atoms with Gasteiger partial charge < -0.3 is 9.64 Å². The van der Waals surface area contributed by atoms with Gasteiger partial charge in [0.1, 0.15) is 0 Å². The Morgan fingerprint density at radius 1 is 1.24 bits per heavy atom. The lowest BCUT2D eigenvalue weighted by atomic mass is 10.0. The first-order valence-corrected chi connectivity index (χ1v) is 9.61. The molecule has 2 heterocycles. The molecular formula is C20H35N3O2. The molecule has 25 heavy (non-hydrogen) atoms. The molecule has 0 spiro atoms. The summed E-state index contributed by atoms with van der Waals surface area (Å²) in [6.45, 7) is 17.3. The van der Waals surface area contributed by atoms with Crippen LogP contribution in [0, 0.1) is 5.92 Å². The van der Waals surface area contributed by atoms with Crippen LogP contribution in [0.1, 0.15) is 83.4 Å². The molecule has 1 saturated heterocycles. The van der Waals surface area contributed by atoms with Crippen LogP contribution in [-0.4, -0.2) is 46.4 Å². The molecule has 0 N–H and O–H groups in total. The van der Waals surface area contributed by atoms with E-state index < -0.39 is 0 Å². The number of ether oxygens (including phenoxy) is 1. The average molecular weight is 350 g/mol. The van der Waals surface area contributed by atoms with E-state index in [1.54, 1.807) is 0 Å². The van der Waals surface area contributed by atoms with Crippen LogP contribution in [0.2, 0.25) is 0 Å². The lowest BCUT2D eigenvalue weighted by molar-refractivity contribution is -0.00245. The minimum absolute atomic E-state index is 0.0483. The number of carbonyl (C=O) groups excluding carboxylic acids is 1. The van der Waals surface area contributed by atoms with Gasteiger partial charge in [0.15, 0.2) is 5.69 Å². The van der Waals surface area contributed by atoms with Gasteiger partial charge in [0, 0.05) is 25.4 Å². The van der Waals surface area contributed by atoms with Crippen LogP contribution in [0.5, 0.6) is 0 Å². The molecule has 0 unspecified atom stereocenters. The van der Waals surface area contributed by atoms with Gasteiger partial charge in [0.05, 0.1) is 11.6 Å². The van der Waals surface area contributed by atoms with Crippen molar-refractivity contribution in [2.75, 3.05) is 19.7 Å². The van der Waals surface area contributed by atoms with Gasteiger partial charge in [-0.2, -0.15) is 5.10 Å². The van der Waals surface area contributed by atoms with Gasteiger partial charge in [-0.3, -0.25) is 9.48 Å². The van der Waals surface area contributed by atoms with Crippen LogP contribution in [0.3, 0.4) is 0 Å². The molecule has 5 heteroatoms. The molecule has 142 valence electrons. The lowest BCUT2D eigenvalue weighted by Crippen LogP contribution is -2.41. The number of carbonyl (C=O) groups is 1. The molecule has 0 radical (unpaired) electrons. The molecule has 1 aromatic rings. The molecule has 0 bridgehead atoms. The second-order valence-electron chi connectivity index (χ2n) is 8.91. The van der Waals surface area contributed by atoms with Crippen LogP contribution in [0.25, 0.3) is 0 Å². The Morgan fingerprint density at radius 2 is 1.84 bits per heavy atom. The highest BCUT2D eigenvalue weighted by Gasteiger charge is 2.28. The Morgan fingerprint density at radius 3 is 2.28 bits per heavy atom. The Kier molecular flexibility index (Phi) is 6.30. The first-order chi connectivity index (χ1) is 11.6. The number of hydrogen-bond donors (Lipinski definition) is 0. The molecule has 1 fully saturated rings. The van der Waals surface area contributed by atoms with Crippen LogP contribution >= 0.6 is 0 Å². The van der Waals surface area contributed by atoms with Crippen molar-refractivity contribution < 1.29 is 9.53 Å². The number of likely N-dealkylation sites (tertiary alicyclic amines) is 1. The van der Waals surface area contributed by atoms with E-state index in [2.05, 4.69) is 53.6 Å². The van der Waals surface area contributed by atoms with Crippen molar-refractivity contribution in [3.05, 3.63) is 17.5 Å². The van der Waals surface area contributed by atoms with E-state index in [9.17, 15) is 4.79 Å². The summed E-state index contributed by atoms with van der Waals surface area (Å²) in [5.74, 6) is 0.936. The Balaban J connectivity index is 2.04. The van der Waals surface area contributed by atoms with Crippen molar-refractivity contribution in [1.82, 2.24) is 14.7 Å². The van der Waals surface area contributed by atoms with E-state index in [0.29, 0.717) is 17.5 Å². The zero-order valence-electron chi connectivity index (χ0n) is 17.0. The first-order valence-electron chi connectivity index (χ1n) is 9.61. The molecule has 0 aliphatic carbocycles. The number of amides is 1. The summed E-state index contributed by atoms with van der Waals surface area (Å²) in [5, 5.41) is 4.65. The summed E-state index contributed by atoms with van der Waals surface area (Å²) < 4.78 is 7.92. The van der Waals surface area contributed by atoms with Crippen LogP contribution in [0.4, 0.5) is 0 Å². The average Bonchev–Trinajstić information content (AvgIpc) is 2.98. The van der Waals surface area contributed by atoms with Crippen LogP contribution in [-0.2, 0) is 10.3 Å². The van der Waals surface area contributed by atoms with Crippen LogP contribution in [0.15, 0.2) is 6.07 Å². The summed E-state index contributed by atoms with van der Waals surface area (Å²) in [6, 6.07) is 1.97. The topological polar surface area (TPSA) is 47.4 Å². The van der Waals surface area contributed by atoms with Crippen LogP contribution < -0.4 is 0 Å². The second-order valence-corrected chi connectivity index (χ2v) is 8.91. The lowest BCUT2D eigenvalue weighted by Gasteiger charge is -2.32. The highest BCUT2D eigenvalue weighted by Crippen LogP contribution is 2.25. The van der Waals surface area contributed by atoms with Crippen molar-refractivity contribution in [3.8, 4) is 0 Å². The molecule has 0 aromatic carbocycles. The zero-order chi connectivity index (χ0) is 18.8. The monoisotopic (exact) mass is 349 g/mol. The minimum atomic E-state index is -0.129. The third kappa shape index (κ3) is 5.06. The normalized spacial score (nSPS) is 16.9. The van der Waals surface area contributed by atoms with Crippen molar-refractivity contribution in [2.45, 2.75) is 78.9 Å². The van der Waals surface area contributed by atoms with Gasteiger partial charge in [-0.05, 0) is 51.5 Å². The number of rotatable bonds is 5. The summed E-state index contributed by atoms with van der Waals surface area (Å²) in [5.41, 5.74) is 1.56. The molecule has 2 rings (SSSR count). The molecular weight excluding hydrogens is 314 g/mol. The molecule has 0 atom stereocenters. The molecule has 1 amide bonds. The highest BCUT2D eigenvalue weighted by molar-refractivity contribution is 5.92. The molecule has 1 aliphatic rings. The van der Waals surface area contributed by atoms with E-state index in [-0.39, 0.29) is 17.6 Å². The van der Waals surface area contributed by atoms with Gasteiger partial charge in [-0.15, -0.1) is 0 Å². The summed E-state index contributed by atoms with van der Waals surface area (Å²) in [7, 11) is 0. The molecule has 5 nitrogen and oxygen atoms in total. The fourth-order valence-electron chi connectivity index (χ4n) is 3.16. The molecule has 1 aliphatic heterocycles. The quantitative estimate of drug-likeness (QED) is 0.806. The van der Waals surface area contributed by atoms with Gasteiger partial charge >= 0.3 is 0 Å². The summed E-state index contributed by atoms with van der Waals surface area (Å²) in [6.07, 6.45) is 2.11. The number of aromatic nitrogens is 2. The van der Waals surface area contributed by atoms with Gasteiger partial charge in [-0.25, -0.2) is 0 Å². The maximum atomic E-state index is 12.9. The van der Waals surface area contributed by atoms with Crippen molar-refractivity contribution in [2.24, 2.45) is 5.92 Å². The van der Waals surface area contributed by atoms with E-state index in [0.717, 1.165) is 38.2 Å². The Labute approximate surface area is 152 Å². The van der Waals surface area contributed by atoms with Gasteiger partial charge in [0.25, 0.3) is 5.91 Å². The smallest absolute Gasteiger partial charge is 0.274 e. The van der Waals surface area contributed by atoms with Gasteiger partial charge in [-0.1, -0.05) is 27.7 Å². The third-order valence-corrected chi connectivity index (χ3v) is 4.58. The van der Waals surface area contributed by atoms with Gasteiger partial charge in [0.2, 0.25) is 0 Å². The van der Waals surface area contributed by atoms with Crippen molar-refractivity contribution in [1.29, 1.82) is 0 Å². The Bertz CT molecular complexity index is 576. The van der Waals surface area contributed by atoms with E-state index >= 15 is 0 Å². The fourth-order valence-corrected chi connectivity index (χ4v) is 3.16. The molecule has 1 aromatic heterocycles. The largest absolute Gasteiger partial charge is 0.378 e. The van der Waals surface area contributed by atoms with Crippen molar-refractivity contribution in [3.63, 3.8) is 0 Å². The zero-order valence-corrected chi connectivity index (χ0v) is 17.0. The predicted molar refractivity (Wildman–Crippen MR) is 101 cm³/mol. The number of piperidine rings is 1. The second kappa shape index (κ2) is 7.90. The van der Waals surface area contributed by atoms with E-state index in [1.807, 2.05) is 15.6 Å². The maximum Gasteiger partial charge on any atom is 0.274 e. The number of nitrogens with zero attached hydrogens (tertiary/aromatic N) is 3. The summed E-state index contributed by atoms with van der Waals surface area (Å²) in [4.78, 5) is 14.8. The third-order valence-electron chi connectivity index (χ3n) is 4.58. The van der Waals surface area contributed by atoms with E-state index in [1.165, 1.54) is 0 Å². The standard InChI is InChI=1S/C20H35N3O2/c1-14(2)13-25-16-8-10-22(11-9-16)19(24)17-12-18(15(3)4)23(21-17)20(5,6)7/h12,14-16H,8-11,13H2,1-7H3. The fraction of sp³-hybridized carbons (Fsp3) is 0.800.